The van der Waals surface area contributed by atoms with E-state index in [9.17, 15) is 0 Å². The number of piperazine rings is 1. The number of nitrogens with one attached hydrogen (secondary N) is 1. The first kappa shape index (κ1) is 24.0. The van der Waals surface area contributed by atoms with Crippen molar-refractivity contribution in [1.82, 2.24) is 20.0 Å². The van der Waals surface area contributed by atoms with Gasteiger partial charge in [0.25, 0.3) is 0 Å². The number of nitrogens with zero attached hydrogens (tertiary/aromatic N) is 4. The first-order valence-corrected chi connectivity index (χ1v) is 11.8. The van der Waals surface area contributed by atoms with Crippen molar-refractivity contribution < 1.29 is 9.47 Å². The largest absolute Gasteiger partial charge is 0.382 e. The molecule has 174 valence electrons. The number of hydrogen-bond donors (Lipinski definition) is 1. The van der Waals surface area contributed by atoms with Crippen LogP contribution in [0.1, 0.15) is 18.4 Å². The summed E-state index contributed by atoms with van der Waals surface area (Å²) in [4.78, 5) is 12.0. The van der Waals surface area contributed by atoms with E-state index in [-0.39, 0.29) is 0 Å². The maximum atomic E-state index is 5.71. The van der Waals surface area contributed by atoms with Gasteiger partial charge in [0, 0.05) is 72.4 Å². The average Bonchev–Trinajstić information content (AvgIpc) is 3.27. The summed E-state index contributed by atoms with van der Waals surface area (Å²) in [5.41, 5.74) is 1.41. The number of hydrogen-bond acceptors (Lipinski definition) is 5. The van der Waals surface area contributed by atoms with E-state index in [4.69, 9.17) is 9.47 Å². The molecule has 0 amide bonds. The van der Waals surface area contributed by atoms with Gasteiger partial charge in [-0.25, -0.2) is 0 Å². The lowest BCUT2D eigenvalue weighted by molar-refractivity contribution is 0.0536. The molecule has 2 fully saturated rings. The molecule has 1 N–H and O–H groups in total. The fraction of sp³-hybridized carbons (Fsp3) is 0.708. The monoisotopic (exact) mass is 431 g/mol. The minimum atomic E-state index is 0.586. The van der Waals surface area contributed by atoms with Crippen LogP contribution in [-0.4, -0.2) is 107 Å². The lowest BCUT2D eigenvalue weighted by Crippen LogP contribution is -2.47. The van der Waals surface area contributed by atoms with Crippen molar-refractivity contribution in [2.24, 2.45) is 10.9 Å². The van der Waals surface area contributed by atoms with Crippen LogP contribution in [0.4, 0.5) is 0 Å². The van der Waals surface area contributed by atoms with Gasteiger partial charge in [0.05, 0.1) is 19.8 Å². The van der Waals surface area contributed by atoms with Crippen LogP contribution in [-0.2, 0) is 16.0 Å². The molecule has 2 heterocycles. The normalized spacial score (nSPS) is 21.0. The summed E-state index contributed by atoms with van der Waals surface area (Å²) in [6.45, 7) is 12.1. The summed E-state index contributed by atoms with van der Waals surface area (Å²) in [6, 6.07) is 10.8. The molecular formula is C24H41N5O2. The Labute approximate surface area is 188 Å². The van der Waals surface area contributed by atoms with Crippen molar-refractivity contribution >= 4 is 5.96 Å². The molecule has 0 radical (unpaired) electrons. The molecule has 3 rings (SSSR count). The summed E-state index contributed by atoms with van der Waals surface area (Å²) in [6.07, 6.45) is 2.32. The molecule has 0 bridgehead atoms. The minimum absolute atomic E-state index is 0.586. The van der Waals surface area contributed by atoms with Gasteiger partial charge in [-0.2, -0.15) is 0 Å². The van der Waals surface area contributed by atoms with E-state index in [1.165, 1.54) is 25.1 Å². The van der Waals surface area contributed by atoms with Crippen LogP contribution in [0, 0.1) is 5.92 Å². The number of guanidine groups is 1. The average molecular weight is 432 g/mol. The van der Waals surface area contributed by atoms with Gasteiger partial charge in [-0.1, -0.05) is 30.3 Å². The molecule has 2 saturated heterocycles. The van der Waals surface area contributed by atoms with Gasteiger partial charge >= 0.3 is 0 Å². The number of aliphatic imine (C=N–C) groups is 1. The highest BCUT2D eigenvalue weighted by Gasteiger charge is 2.25. The van der Waals surface area contributed by atoms with Crippen LogP contribution >= 0.6 is 0 Å². The van der Waals surface area contributed by atoms with Crippen molar-refractivity contribution in [2.45, 2.75) is 19.4 Å². The third-order valence-electron chi connectivity index (χ3n) is 6.23. The number of methoxy groups -OCH3 is 1. The third kappa shape index (κ3) is 8.41. The van der Waals surface area contributed by atoms with Gasteiger partial charge in [0.1, 0.15) is 0 Å². The second kappa shape index (κ2) is 13.7. The molecular weight excluding hydrogens is 390 g/mol. The fourth-order valence-electron chi connectivity index (χ4n) is 4.40. The maximum absolute atomic E-state index is 5.71. The van der Waals surface area contributed by atoms with E-state index in [0.717, 1.165) is 64.8 Å². The topological polar surface area (TPSA) is 52.6 Å². The van der Waals surface area contributed by atoms with Crippen LogP contribution in [0.5, 0.6) is 0 Å². The van der Waals surface area contributed by atoms with Crippen LogP contribution in [0.3, 0.4) is 0 Å². The van der Waals surface area contributed by atoms with Crippen LogP contribution in [0.2, 0.25) is 0 Å². The van der Waals surface area contributed by atoms with Crippen LogP contribution in [0.15, 0.2) is 35.3 Å². The Morgan fingerprint density at radius 2 is 1.84 bits per heavy atom. The van der Waals surface area contributed by atoms with E-state index in [1.807, 2.05) is 7.05 Å². The molecule has 2 aliphatic rings. The molecule has 1 unspecified atom stereocenters. The Hall–Kier alpha value is -1.67. The zero-order valence-electron chi connectivity index (χ0n) is 19.5. The summed E-state index contributed by atoms with van der Waals surface area (Å²) >= 11 is 0. The second-order valence-corrected chi connectivity index (χ2v) is 8.60. The quantitative estimate of drug-likeness (QED) is 0.327. The Morgan fingerprint density at radius 1 is 1.06 bits per heavy atom. The smallest absolute Gasteiger partial charge is 0.193 e. The van der Waals surface area contributed by atoms with Crippen LogP contribution in [0.25, 0.3) is 0 Å². The van der Waals surface area contributed by atoms with Crippen molar-refractivity contribution in [3.8, 4) is 0 Å². The van der Waals surface area contributed by atoms with E-state index in [0.29, 0.717) is 19.1 Å². The van der Waals surface area contributed by atoms with E-state index in [2.05, 4.69) is 55.3 Å². The Kier molecular flexibility index (Phi) is 10.6. The zero-order chi connectivity index (χ0) is 21.7. The number of benzene rings is 1. The fourth-order valence-corrected chi connectivity index (χ4v) is 4.40. The summed E-state index contributed by atoms with van der Waals surface area (Å²) in [5.74, 6) is 1.62. The van der Waals surface area contributed by atoms with E-state index < -0.39 is 0 Å². The summed E-state index contributed by atoms with van der Waals surface area (Å²) in [7, 11) is 3.60. The van der Waals surface area contributed by atoms with Crippen molar-refractivity contribution in [3.05, 3.63) is 35.9 Å². The first-order valence-electron chi connectivity index (χ1n) is 11.8. The Balaban J connectivity index is 1.26. The standard InChI is InChI=1S/C24H41N5O2/c1-25-24(29-12-9-23(20-29)21-31-18-17-30-2)26-10-6-11-27-13-15-28(16-14-27)19-22-7-4-3-5-8-22/h3-5,7-8,23H,6,9-21H2,1-2H3,(H,25,26). The molecule has 31 heavy (non-hydrogen) atoms. The second-order valence-electron chi connectivity index (χ2n) is 8.60. The third-order valence-corrected chi connectivity index (χ3v) is 6.23. The van der Waals surface area contributed by atoms with Gasteiger partial charge in [0.15, 0.2) is 5.96 Å². The van der Waals surface area contributed by atoms with Gasteiger partial charge in [-0.05, 0) is 24.9 Å². The maximum Gasteiger partial charge on any atom is 0.193 e. The predicted molar refractivity (Wildman–Crippen MR) is 127 cm³/mol. The number of rotatable bonds is 11. The molecule has 1 aromatic carbocycles. The summed E-state index contributed by atoms with van der Waals surface area (Å²) < 4.78 is 10.7. The molecule has 7 nitrogen and oxygen atoms in total. The van der Waals surface area contributed by atoms with E-state index in [1.54, 1.807) is 7.11 Å². The molecule has 7 heteroatoms. The summed E-state index contributed by atoms with van der Waals surface area (Å²) in [5, 5.41) is 3.57. The molecule has 0 saturated carbocycles. The Morgan fingerprint density at radius 3 is 2.58 bits per heavy atom. The molecule has 1 aromatic rings. The molecule has 0 aromatic heterocycles. The van der Waals surface area contributed by atoms with Gasteiger partial charge in [0.2, 0.25) is 0 Å². The van der Waals surface area contributed by atoms with Crippen molar-refractivity contribution in [3.63, 3.8) is 0 Å². The molecule has 0 aliphatic carbocycles. The first-order chi connectivity index (χ1) is 15.3. The molecule has 0 spiro atoms. The Bertz CT molecular complexity index is 634. The number of ether oxygens (including phenoxy) is 2. The highest BCUT2D eigenvalue weighted by Crippen LogP contribution is 2.16. The highest BCUT2D eigenvalue weighted by molar-refractivity contribution is 5.80. The zero-order valence-corrected chi connectivity index (χ0v) is 19.5. The lowest BCUT2D eigenvalue weighted by Gasteiger charge is -2.34. The number of likely N-dealkylation sites (tertiary alicyclic amines) is 1. The van der Waals surface area contributed by atoms with Gasteiger partial charge in [-0.15, -0.1) is 0 Å². The predicted octanol–water partition coefficient (Wildman–Crippen LogP) is 1.75. The SMILES string of the molecule is CN=C(NCCCN1CCN(Cc2ccccc2)CC1)N1CCC(COCCOC)C1. The van der Waals surface area contributed by atoms with Crippen LogP contribution < -0.4 is 5.32 Å². The van der Waals surface area contributed by atoms with Crippen molar-refractivity contribution in [2.75, 3.05) is 86.3 Å². The van der Waals surface area contributed by atoms with E-state index >= 15 is 0 Å². The molecule has 2 aliphatic heterocycles. The van der Waals surface area contributed by atoms with Gasteiger partial charge < -0.3 is 24.6 Å². The van der Waals surface area contributed by atoms with Crippen molar-refractivity contribution in [1.29, 1.82) is 0 Å². The molecule has 1 atom stereocenters. The highest BCUT2D eigenvalue weighted by atomic mass is 16.5. The lowest BCUT2D eigenvalue weighted by atomic mass is 10.1. The van der Waals surface area contributed by atoms with Gasteiger partial charge in [-0.3, -0.25) is 9.89 Å². The minimum Gasteiger partial charge on any atom is -0.382 e.